The second-order valence-corrected chi connectivity index (χ2v) is 6.58. The van der Waals surface area contributed by atoms with Gasteiger partial charge in [0.05, 0.1) is 0 Å². The zero-order valence-corrected chi connectivity index (χ0v) is 21.7. The van der Waals surface area contributed by atoms with Gasteiger partial charge in [-0.25, -0.2) is 0 Å². The van der Waals surface area contributed by atoms with E-state index in [1.54, 1.807) is 0 Å². The molecule has 144 valence electrons. The summed E-state index contributed by atoms with van der Waals surface area (Å²) in [5.41, 5.74) is 0. The van der Waals surface area contributed by atoms with Gasteiger partial charge in [-0.15, -0.1) is 0 Å². The van der Waals surface area contributed by atoms with Crippen molar-refractivity contribution in [3.63, 3.8) is 0 Å². The Morgan fingerprint density at radius 2 is 0.920 bits per heavy atom. The molecule has 0 fully saturated rings. The Kier molecular flexibility index (Phi) is 23.3. The maximum atomic E-state index is 10.7. The summed E-state index contributed by atoms with van der Waals surface area (Å²) in [5.74, 6) is -1.62. The number of carbonyl (C=O) groups is 2. The van der Waals surface area contributed by atoms with Gasteiger partial charge in [-0.1, -0.05) is 80.1 Å². The molecular formula is C20H38BaO4. The second kappa shape index (κ2) is 19.3. The van der Waals surface area contributed by atoms with Crippen molar-refractivity contribution in [3.05, 3.63) is 0 Å². The van der Waals surface area contributed by atoms with E-state index in [-0.39, 0.29) is 60.7 Å². The number of carboxylic acid groups (broad SMARTS) is 2. The Morgan fingerprint density at radius 3 is 1.04 bits per heavy atom. The van der Waals surface area contributed by atoms with Crippen LogP contribution in [0.4, 0.5) is 0 Å². The quantitative estimate of drug-likeness (QED) is 0.403. The second-order valence-electron chi connectivity index (χ2n) is 6.58. The molecule has 25 heavy (non-hydrogen) atoms. The molecule has 0 N–H and O–H groups in total. The normalized spacial score (nSPS) is 15.0. The van der Waals surface area contributed by atoms with Gasteiger partial charge in [-0.3, -0.25) is 0 Å². The molecule has 0 saturated carbocycles. The standard InChI is InChI=1S/2C10H20O2.Ba/c2*1-4-7-8(5-2)9(6-3)10(11)12;/h2*8-9H,4-7H2,1-3H3,(H,11,12);/q;;+2/p-2. The average molecular weight is 480 g/mol. The van der Waals surface area contributed by atoms with Gasteiger partial charge in [0.2, 0.25) is 0 Å². The van der Waals surface area contributed by atoms with Gasteiger partial charge in [0.25, 0.3) is 0 Å². The first-order valence-electron chi connectivity index (χ1n) is 9.75. The van der Waals surface area contributed by atoms with Crippen LogP contribution in [0.15, 0.2) is 0 Å². The van der Waals surface area contributed by atoms with E-state index in [2.05, 4.69) is 13.8 Å². The molecule has 0 saturated heterocycles. The van der Waals surface area contributed by atoms with Crippen molar-refractivity contribution in [2.24, 2.45) is 23.7 Å². The predicted octanol–water partition coefficient (Wildman–Crippen LogP) is 2.80. The minimum atomic E-state index is -0.877. The molecule has 0 spiro atoms. The fourth-order valence-electron chi connectivity index (χ4n) is 3.51. The van der Waals surface area contributed by atoms with Crippen molar-refractivity contribution in [2.75, 3.05) is 0 Å². The molecule has 0 amide bonds. The topological polar surface area (TPSA) is 80.3 Å². The first-order valence-corrected chi connectivity index (χ1v) is 9.75. The summed E-state index contributed by atoms with van der Waals surface area (Å²) in [5, 5.41) is 21.4. The number of hydrogen-bond donors (Lipinski definition) is 0. The molecule has 5 heteroatoms. The first kappa shape index (κ1) is 30.2. The summed E-state index contributed by atoms with van der Waals surface area (Å²) in [6.45, 7) is 12.1. The van der Waals surface area contributed by atoms with Crippen molar-refractivity contribution >= 4 is 60.8 Å². The molecule has 0 heterocycles. The van der Waals surface area contributed by atoms with Gasteiger partial charge in [-0.2, -0.15) is 0 Å². The fraction of sp³-hybridized carbons (Fsp3) is 0.900. The summed E-state index contributed by atoms with van der Waals surface area (Å²) < 4.78 is 0. The van der Waals surface area contributed by atoms with Crippen molar-refractivity contribution in [3.8, 4) is 0 Å². The molecule has 0 aromatic rings. The van der Waals surface area contributed by atoms with Gasteiger partial charge >= 0.3 is 48.9 Å². The molecule has 4 atom stereocenters. The van der Waals surface area contributed by atoms with Crippen LogP contribution in [-0.2, 0) is 9.59 Å². The van der Waals surface area contributed by atoms with E-state index in [1.165, 1.54) is 0 Å². The zero-order valence-electron chi connectivity index (χ0n) is 17.3. The number of rotatable bonds is 12. The number of carboxylic acids is 2. The van der Waals surface area contributed by atoms with Crippen LogP contribution >= 0.6 is 0 Å². The Hall–Kier alpha value is 0.511. The molecule has 0 aliphatic carbocycles. The van der Waals surface area contributed by atoms with E-state index < -0.39 is 11.9 Å². The maximum Gasteiger partial charge on any atom is 2.00 e. The summed E-state index contributed by atoms with van der Waals surface area (Å²) >= 11 is 0. The molecule has 0 radical (unpaired) electrons. The summed E-state index contributed by atoms with van der Waals surface area (Å²) in [6.07, 6.45) is 7.40. The summed E-state index contributed by atoms with van der Waals surface area (Å²) in [6, 6.07) is 0. The smallest absolute Gasteiger partial charge is 0.550 e. The Bertz CT molecular complexity index is 302. The van der Waals surface area contributed by atoms with E-state index in [9.17, 15) is 19.8 Å². The largest absolute Gasteiger partial charge is 2.00 e. The number of aliphatic carboxylic acids is 2. The van der Waals surface area contributed by atoms with E-state index in [0.717, 1.165) is 38.5 Å². The van der Waals surface area contributed by atoms with Crippen LogP contribution in [0.25, 0.3) is 0 Å². The van der Waals surface area contributed by atoms with E-state index in [4.69, 9.17) is 0 Å². The first-order chi connectivity index (χ1) is 11.3. The van der Waals surface area contributed by atoms with E-state index >= 15 is 0 Å². The molecule has 0 rings (SSSR count). The van der Waals surface area contributed by atoms with Crippen molar-refractivity contribution in [2.45, 2.75) is 92.9 Å². The van der Waals surface area contributed by atoms with Crippen LogP contribution < -0.4 is 10.2 Å². The Balaban J connectivity index is -0.000000372. The zero-order chi connectivity index (χ0) is 19.1. The molecule has 4 nitrogen and oxygen atoms in total. The molecule has 0 aliphatic rings. The average Bonchev–Trinajstić information content (AvgIpc) is 2.54. The Morgan fingerprint density at radius 1 is 0.640 bits per heavy atom. The molecule has 4 unspecified atom stereocenters. The van der Waals surface area contributed by atoms with Crippen LogP contribution in [0.5, 0.6) is 0 Å². The SMILES string of the molecule is CCCC(CC)C(CC)C(=O)[O-].CCCC(CC)C(CC)C(=O)[O-].[Ba+2]. The van der Waals surface area contributed by atoms with Gasteiger partial charge in [0.15, 0.2) is 0 Å². The van der Waals surface area contributed by atoms with Crippen LogP contribution in [0.2, 0.25) is 0 Å². The third-order valence-electron chi connectivity index (χ3n) is 4.99. The van der Waals surface area contributed by atoms with Crippen LogP contribution in [-0.4, -0.2) is 60.8 Å². The van der Waals surface area contributed by atoms with Crippen molar-refractivity contribution in [1.82, 2.24) is 0 Å². The maximum absolute atomic E-state index is 10.7. The number of hydrogen-bond acceptors (Lipinski definition) is 4. The van der Waals surface area contributed by atoms with Gasteiger partial charge in [0.1, 0.15) is 0 Å². The minimum absolute atomic E-state index is 0. The molecule has 0 bridgehead atoms. The summed E-state index contributed by atoms with van der Waals surface area (Å²) in [7, 11) is 0. The van der Waals surface area contributed by atoms with E-state index in [0.29, 0.717) is 24.7 Å². The van der Waals surface area contributed by atoms with Crippen molar-refractivity contribution in [1.29, 1.82) is 0 Å². The number of carbonyl (C=O) groups excluding carboxylic acids is 2. The summed E-state index contributed by atoms with van der Waals surface area (Å²) in [4.78, 5) is 21.4. The fourth-order valence-corrected chi connectivity index (χ4v) is 3.51. The van der Waals surface area contributed by atoms with Crippen LogP contribution in [0.3, 0.4) is 0 Å². The van der Waals surface area contributed by atoms with Crippen LogP contribution in [0.1, 0.15) is 92.9 Å². The molecule has 0 aromatic heterocycles. The van der Waals surface area contributed by atoms with Gasteiger partial charge in [-0.05, 0) is 24.7 Å². The molecule has 0 aromatic carbocycles. The van der Waals surface area contributed by atoms with Crippen molar-refractivity contribution < 1.29 is 19.8 Å². The third-order valence-corrected chi connectivity index (χ3v) is 4.99. The third kappa shape index (κ3) is 13.3. The predicted molar refractivity (Wildman–Crippen MR) is 101 cm³/mol. The molecular weight excluding hydrogens is 442 g/mol. The Labute approximate surface area is 195 Å². The molecule has 0 aliphatic heterocycles. The monoisotopic (exact) mass is 480 g/mol. The van der Waals surface area contributed by atoms with Crippen LogP contribution in [0, 0.1) is 23.7 Å². The van der Waals surface area contributed by atoms with Gasteiger partial charge < -0.3 is 19.8 Å². The minimum Gasteiger partial charge on any atom is -0.550 e. The van der Waals surface area contributed by atoms with Gasteiger partial charge in [0, 0.05) is 23.8 Å². The van der Waals surface area contributed by atoms with E-state index in [1.807, 2.05) is 27.7 Å².